The minimum atomic E-state index is -3.75. The topological polar surface area (TPSA) is 81.5 Å². The highest BCUT2D eigenvalue weighted by atomic mass is 35.5. The zero-order valence-corrected chi connectivity index (χ0v) is 17.9. The third-order valence-corrected chi connectivity index (χ3v) is 7.05. The van der Waals surface area contributed by atoms with Crippen molar-refractivity contribution < 1.29 is 17.9 Å². The first-order chi connectivity index (χ1) is 14.4. The maximum atomic E-state index is 13.1. The molecule has 0 amide bonds. The van der Waals surface area contributed by atoms with E-state index in [1.807, 2.05) is 30.3 Å². The standard InChI is InChI=1S/C21H20ClN3O4S/c1-2-29-21(26)20-18-14-24(30(27,28)17-10-8-15(22)9-11-17)13-12-19(18)25(23-20)16-6-4-3-5-7-16/h3-11H,2,12-14H2,1H3. The fraction of sp³-hybridized carbons (Fsp3) is 0.238. The largest absolute Gasteiger partial charge is 0.461 e. The minimum absolute atomic E-state index is 0.0429. The Morgan fingerprint density at radius 3 is 2.50 bits per heavy atom. The molecule has 0 saturated carbocycles. The van der Waals surface area contributed by atoms with Crippen LogP contribution in [0.3, 0.4) is 0 Å². The number of carbonyl (C=O) groups is 1. The van der Waals surface area contributed by atoms with Gasteiger partial charge in [-0.3, -0.25) is 0 Å². The van der Waals surface area contributed by atoms with Crippen molar-refractivity contribution in [2.45, 2.75) is 24.8 Å². The number of para-hydroxylation sites is 1. The molecule has 9 heteroatoms. The molecule has 30 heavy (non-hydrogen) atoms. The van der Waals surface area contributed by atoms with E-state index < -0.39 is 16.0 Å². The number of rotatable bonds is 5. The van der Waals surface area contributed by atoms with Crippen LogP contribution in [0.25, 0.3) is 5.69 Å². The third-order valence-electron chi connectivity index (χ3n) is 4.94. The number of sulfonamides is 1. The van der Waals surface area contributed by atoms with Crippen LogP contribution in [0.1, 0.15) is 28.7 Å². The summed E-state index contributed by atoms with van der Waals surface area (Å²) in [5.41, 5.74) is 2.33. The van der Waals surface area contributed by atoms with Gasteiger partial charge in [-0.2, -0.15) is 9.40 Å². The van der Waals surface area contributed by atoms with E-state index in [-0.39, 0.29) is 30.3 Å². The van der Waals surface area contributed by atoms with E-state index in [0.29, 0.717) is 17.0 Å². The maximum Gasteiger partial charge on any atom is 0.359 e. The first-order valence-corrected chi connectivity index (χ1v) is 11.3. The van der Waals surface area contributed by atoms with Gasteiger partial charge in [0.05, 0.1) is 22.9 Å². The Hall–Kier alpha value is -2.68. The Balaban J connectivity index is 1.75. The van der Waals surface area contributed by atoms with Crippen molar-refractivity contribution in [1.29, 1.82) is 0 Å². The van der Waals surface area contributed by atoms with Gasteiger partial charge < -0.3 is 4.74 Å². The van der Waals surface area contributed by atoms with Gasteiger partial charge in [-0.1, -0.05) is 29.8 Å². The molecule has 0 saturated heterocycles. The van der Waals surface area contributed by atoms with Gasteiger partial charge in [0.2, 0.25) is 10.0 Å². The van der Waals surface area contributed by atoms with Gasteiger partial charge in [0.25, 0.3) is 0 Å². The molecule has 0 radical (unpaired) electrons. The summed E-state index contributed by atoms with van der Waals surface area (Å²) in [6.07, 6.45) is 0.420. The van der Waals surface area contributed by atoms with Crippen LogP contribution in [-0.4, -0.2) is 41.6 Å². The van der Waals surface area contributed by atoms with E-state index in [1.54, 1.807) is 23.7 Å². The summed E-state index contributed by atoms with van der Waals surface area (Å²) in [4.78, 5) is 12.7. The van der Waals surface area contributed by atoms with Crippen LogP contribution in [0.5, 0.6) is 0 Å². The molecule has 1 aliphatic rings. The lowest BCUT2D eigenvalue weighted by Gasteiger charge is -2.27. The van der Waals surface area contributed by atoms with Gasteiger partial charge in [-0.15, -0.1) is 0 Å². The second-order valence-electron chi connectivity index (χ2n) is 6.78. The highest BCUT2D eigenvalue weighted by Crippen LogP contribution is 2.29. The Bertz CT molecular complexity index is 1170. The number of nitrogens with zero attached hydrogens (tertiary/aromatic N) is 3. The molecule has 0 unspecified atom stereocenters. The molecule has 0 spiro atoms. The van der Waals surface area contributed by atoms with Gasteiger partial charge in [-0.05, 0) is 43.3 Å². The molecule has 156 valence electrons. The van der Waals surface area contributed by atoms with Gasteiger partial charge in [0.15, 0.2) is 5.69 Å². The first kappa shape index (κ1) is 20.6. The van der Waals surface area contributed by atoms with Gasteiger partial charge in [0, 0.05) is 30.1 Å². The van der Waals surface area contributed by atoms with E-state index in [4.69, 9.17) is 16.3 Å². The molecule has 7 nitrogen and oxygen atoms in total. The Morgan fingerprint density at radius 2 is 1.83 bits per heavy atom. The third kappa shape index (κ3) is 3.74. The second-order valence-corrected chi connectivity index (χ2v) is 9.16. The Kier molecular flexibility index (Phi) is 5.64. The smallest absolute Gasteiger partial charge is 0.359 e. The number of hydrogen-bond acceptors (Lipinski definition) is 5. The average molecular weight is 446 g/mol. The van der Waals surface area contributed by atoms with Crippen LogP contribution < -0.4 is 0 Å². The number of carbonyl (C=O) groups excluding carboxylic acids is 1. The molecule has 0 aliphatic carbocycles. The fourth-order valence-corrected chi connectivity index (χ4v) is 5.04. The maximum absolute atomic E-state index is 13.1. The predicted molar refractivity (Wildman–Crippen MR) is 112 cm³/mol. The van der Waals surface area contributed by atoms with Crippen LogP contribution in [0.15, 0.2) is 59.5 Å². The Labute approximate surface area is 179 Å². The number of aromatic nitrogens is 2. The number of esters is 1. The van der Waals surface area contributed by atoms with Gasteiger partial charge >= 0.3 is 5.97 Å². The van der Waals surface area contributed by atoms with Crippen LogP contribution in [0.4, 0.5) is 0 Å². The van der Waals surface area contributed by atoms with E-state index in [1.165, 1.54) is 16.4 Å². The normalized spacial score (nSPS) is 14.3. The summed E-state index contributed by atoms with van der Waals surface area (Å²) in [5, 5.41) is 4.95. The summed E-state index contributed by atoms with van der Waals surface area (Å²) >= 11 is 5.89. The minimum Gasteiger partial charge on any atom is -0.461 e. The van der Waals surface area contributed by atoms with Crippen LogP contribution in [-0.2, 0) is 27.7 Å². The van der Waals surface area contributed by atoms with Crippen molar-refractivity contribution in [2.75, 3.05) is 13.2 Å². The van der Waals surface area contributed by atoms with Crippen LogP contribution in [0, 0.1) is 0 Å². The SMILES string of the molecule is CCOC(=O)c1nn(-c2ccccc2)c2c1CN(S(=O)(=O)c1ccc(Cl)cc1)CC2. The van der Waals surface area contributed by atoms with E-state index in [0.717, 1.165) is 11.4 Å². The lowest BCUT2D eigenvalue weighted by molar-refractivity contribution is 0.0517. The molecular formula is C21H20ClN3O4S. The molecule has 3 aromatic rings. The molecule has 0 N–H and O–H groups in total. The first-order valence-electron chi connectivity index (χ1n) is 9.51. The molecule has 1 aliphatic heterocycles. The summed E-state index contributed by atoms with van der Waals surface area (Å²) in [7, 11) is -3.75. The molecule has 1 aromatic heterocycles. The monoisotopic (exact) mass is 445 g/mol. The number of benzene rings is 2. The lowest BCUT2D eigenvalue weighted by Crippen LogP contribution is -2.36. The predicted octanol–water partition coefficient (Wildman–Crippen LogP) is 3.45. The van der Waals surface area contributed by atoms with Crippen molar-refractivity contribution in [3.63, 3.8) is 0 Å². The van der Waals surface area contributed by atoms with Crippen LogP contribution >= 0.6 is 11.6 Å². The van der Waals surface area contributed by atoms with E-state index in [2.05, 4.69) is 5.10 Å². The number of fused-ring (bicyclic) bond motifs is 1. The molecule has 0 atom stereocenters. The average Bonchev–Trinajstić information content (AvgIpc) is 3.14. The number of halogens is 1. The molecule has 0 fully saturated rings. The van der Waals surface area contributed by atoms with E-state index in [9.17, 15) is 13.2 Å². The molecule has 0 bridgehead atoms. The van der Waals surface area contributed by atoms with E-state index >= 15 is 0 Å². The zero-order chi connectivity index (χ0) is 21.3. The highest BCUT2D eigenvalue weighted by molar-refractivity contribution is 7.89. The van der Waals surface area contributed by atoms with Gasteiger partial charge in [0.1, 0.15) is 0 Å². The summed E-state index contributed by atoms with van der Waals surface area (Å²) < 4.78 is 34.5. The zero-order valence-electron chi connectivity index (χ0n) is 16.3. The van der Waals surface area contributed by atoms with Gasteiger partial charge in [-0.25, -0.2) is 17.9 Å². The lowest BCUT2D eigenvalue weighted by atomic mass is 10.1. The fourth-order valence-electron chi connectivity index (χ4n) is 3.50. The van der Waals surface area contributed by atoms with Crippen molar-refractivity contribution in [3.8, 4) is 5.69 Å². The number of hydrogen-bond donors (Lipinski definition) is 0. The quantitative estimate of drug-likeness (QED) is 0.562. The van der Waals surface area contributed by atoms with Crippen molar-refractivity contribution in [2.24, 2.45) is 0 Å². The highest BCUT2D eigenvalue weighted by Gasteiger charge is 2.34. The number of ether oxygens (including phenoxy) is 1. The Morgan fingerprint density at radius 1 is 1.13 bits per heavy atom. The van der Waals surface area contributed by atoms with Crippen molar-refractivity contribution in [3.05, 3.63) is 76.6 Å². The summed E-state index contributed by atoms with van der Waals surface area (Å²) in [6.45, 7) is 2.24. The van der Waals surface area contributed by atoms with Crippen molar-refractivity contribution >= 4 is 27.6 Å². The van der Waals surface area contributed by atoms with Crippen molar-refractivity contribution in [1.82, 2.24) is 14.1 Å². The summed E-state index contributed by atoms with van der Waals surface area (Å²) in [6, 6.07) is 15.5. The van der Waals surface area contributed by atoms with Crippen LogP contribution in [0.2, 0.25) is 5.02 Å². The second kappa shape index (κ2) is 8.22. The molecule has 2 heterocycles. The molecule has 4 rings (SSSR count). The molecule has 2 aromatic carbocycles. The molecular weight excluding hydrogens is 426 g/mol. The summed E-state index contributed by atoms with van der Waals surface area (Å²) in [5.74, 6) is -0.561.